The first-order valence-corrected chi connectivity index (χ1v) is 5.39. The van der Waals surface area contributed by atoms with E-state index in [1.165, 1.54) is 0 Å². The molecule has 1 aromatic rings. The molecule has 16 heavy (non-hydrogen) atoms. The summed E-state index contributed by atoms with van der Waals surface area (Å²) in [5.41, 5.74) is 0.887. The minimum absolute atomic E-state index is 0.164. The van der Waals surface area contributed by atoms with Gasteiger partial charge in [0.15, 0.2) is 11.5 Å². The van der Waals surface area contributed by atoms with Gasteiger partial charge in [-0.05, 0) is 18.6 Å². The van der Waals surface area contributed by atoms with Gasteiger partial charge in [0.25, 0.3) is 0 Å². The number of rotatable bonds is 3. The van der Waals surface area contributed by atoms with E-state index in [-0.39, 0.29) is 6.04 Å². The van der Waals surface area contributed by atoms with Crippen molar-refractivity contribution < 1.29 is 9.47 Å². The van der Waals surface area contributed by atoms with Crippen LogP contribution in [0.3, 0.4) is 0 Å². The van der Waals surface area contributed by atoms with Gasteiger partial charge in [0.2, 0.25) is 0 Å². The Labute approximate surface area is 94.8 Å². The number of benzene rings is 1. The van der Waals surface area contributed by atoms with Crippen molar-refractivity contribution in [1.29, 1.82) is 5.26 Å². The van der Waals surface area contributed by atoms with Gasteiger partial charge in [-0.15, -0.1) is 0 Å². The SMILES string of the molecule is CCC(C#N)Nc1ccc2c(c1)OCCO2. The molecule has 0 saturated heterocycles. The maximum Gasteiger partial charge on any atom is 0.163 e. The average molecular weight is 218 g/mol. The van der Waals surface area contributed by atoms with Crippen LogP contribution in [0, 0.1) is 11.3 Å². The van der Waals surface area contributed by atoms with Crippen molar-refractivity contribution in [2.45, 2.75) is 19.4 Å². The van der Waals surface area contributed by atoms with Crippen LogP contribution in [-0.4, -0.2) is 19.3 Å². The zero-order valence-electron chi connectivity index (χ0n) is 9.19. The van der Waals surface area contributed by atoms with Crippen molar-refractivity contribution in [2.75, 3.05) is 18.5 Å². The molecule has 0 amide bonds. The maximum absolute atomic E-state index is 8.86. The Bertz CT molecular complexity index is 412. The van der Waals surface area contributed by atoms with Gasteiger partial charge in [-0.1, -0.05) is 6.92 Å². The molecule has 1 unspecified atom stereocenters. The quantitative estimate of drug-likeness (QED) is 0.844. The smallest absolute Gasteiger partial charge is 0.163 e. The summed E-state index contributed by atoms with van der Waals surface area (Å²) in [5, 5.41) is 12.0. The molecule has 0 fully saturated rings. The molecule has 4 heteroatoms. The molecule has 0 bridgehead atoms. The monoisotopic (exact) mass is 218 g/mol. The van der Waals surface area contributed by atoms with Gasteiger partial charge >= 0.3 is 0 Å². The lowest BCUT2D eigenvalue weighted by Gasteiger charge is -2.19. The Morgan fingerprint density at radius 2 is 2.12 bits per heavy atom. The zero-order chi connectivity index (χ0) is 11.4. The van der Waals surface area contributed by atoms with Gasteiger partial charge in [-0.25, -0.2) is 0 Å². The molecule has 0 aromatic heterocycles. The Kier molecular flexibility index (Phi) is 3.16. The topological polar surface area (TPSA) is 54.3 Å². The standard InChI is InChI=1S/C12H14N2O2/c1-2-9(8-13)14-10-3-4-11-12(7-10)16-6-5-15-11/h3-4,7,9,14H,2,5-6H2,1H3. The molecular formula is C12H14N2O2. The first-order valence-electron chi connectivity index (χ1n) is 5.39. The second-order valence-electron chi connectivity index (χ2n) is 3.59. The highest BCUT2D eigenvalue weighted by molar-refractivity contribution is 5.56. The van der Waals surface area contributed by atoms with E-state index < -0.39 is 0 Å². The third-order valence-electron chi connectivity index (χ3n) is 2.45. The number of nitrogens with zero attached hydrogens (tertiary/aromatic N) is 1. The lowest BCUT2D eigenvalue weighted by atomic mass is 10.2. The van der Waals surface area contributed by atoms with Crippen LogP contribution in [-0.2, 0) is 0 Å². The molecule has 0 saturated carbocycles. The normalized spacial score (nSPS) is 15.0. The summed E-state index contributed by atoms with van der Waals surface area (Å²) in [7, 11) is 0. The molecule has 4 nitrogen and oxygen atoms in total. The molecule has 1 N–H and O–H groups in total. The van der Waals surface area contributed by atoms with E-state index in [4.69, 9.17) is 14.7 Å². The highest BCUT2D eigenvalue weighted by Gasteiger charge is 2.12. The van der Waals surface area contributed by atoms with Crippen molar-refractivity contribution in [3.63, 3.8) is 0 Å². The first-order chi connectivity index (χ1) is 7.83. The molecule has 0 radical (unpaired) electrons. The fraction of sp³-hybridized carbons (Fsp3) is 0.417. The lowest BCUT2D eigenvalue weighted by Crippen LogP contribution is -2.17. The summed E-state index contributed by atoms with van der Waals surface area (Å²) in [5.74, 6) is 1.51. The van der Waals surface area contributed by atoms with Crippen molar-refractivity contribution >= 4 is 5.69 Å². The van der Waals surface area contributed by atoms with E-state index in [1.807, 2.05) is 25.1 Å². The number of hydrogen-bond acceptors (Lipinski definition) is 4. The maximum atomic E-state index is 8.86. The van der Waals surface area contributed by atoms with Crippen LogP contribution in [0.4, 0.5) is 5.69 Å². The fourth-order valence-electron chi connectivity index (χ4n) is 1.56. The number of ether oxygens (including phenoxy) is 2. The molecule has 1 aliphatic heterocycles. The van der Waals surface area contributed by atoms with Gasteiger partial charge in [0, 0.05) is 11.8 Å². The second-order valence-corrected chi connectivity index (χ2v) is 3.59. The van der Waals surface area contributed by atoms with Gasteiger partial charge in [0.05, 0.1) is 6.07 Å². The number of hydrogen-bond donors (Lipinski definition) is 1. The summed E-state index contributed by atoms with van der Waals surface area (Å²) in [4.78, 5) is 0. The van der Waals surface area contributed by atoms with Crippen LogP contribution in [0.1, 0.15) is 13.3 Å². The Balaban J connectivity index is 2.14. The van der Waals surface area contributed by atoms with Crippen LogP contribution < -0.4 is 14.8 Å². The van der Waals surface area contributed by atoms with E-state index in [0.717, 1.165) is 23.6 Å². The fourth-order valence-corrected chi connectivity index (χ4v) is 1.56. The highest BCUT2D eigenvalue weighted by atomic mass is 16.6. The van der Waals surface area contributed by atoms with E-state index in [1.54, 1.807) is 0 Å². The second kappa shape index (κ2) is 4.75. The van der Waals surface area contributed by atoms with Crippen molar-refractivity contribution in [2.24, 2.45) is 0 Å². The summed E-state index contributed by atoms with van der Waals surface area (Å²) >= 11 is 0. The van der Waals surface area contributed by atoms with Gasteiger partial charge in [-0.2, -0.15) is 5.26 Å². The average Bonchev–Trinajstić information content (AvgIpc) is 2.35. The number of fused-ring (bicyclic) bond motifs is 1. The number of anilines is 1. The summed E-state index contributed by atoms with van der Waals surface area (Å²) in [6.07, 6.45) is 0.769. The molecule has 84 valence electrons. The van der Waals surface area contributed by atoms with Crippen LogP contribution in [0.5, 0.6) is 11.5 Å². The molecule has 0 spiro atoms. The Morgan fingerprint density at radius 1 is 1.38 bits per heavy atom. The molecular weight excluding hydrogens is 204 g/mol. The molecule has 1 aliphatic rings. The van der Waals surface area contributed by atoms with Crippen molar-refractivity contribution in [1.82, 2.24) is 0 Å². The van der Waals surface area contributed by atoms with E-state index in [2.05, 4.69) is 11.4 Å². The third-order valence-corrected chi connectivity index (χ3v) is 2.45. The summed E-state index contributed by atoms with van der Waals surface area (Å²) < 4.78 is 10.9. The first kappa shape index (κ1) is 10.6. The molecule has 1 aromatic carbocycles. The largest absolute Gasteiger partial charge is 0.486 e. The summed E-state index contributed by atoms with van der Waals surface area (Å²) in [6.45, 7) is 3.14. The molecule has 0 aliphatic carbocycles. The zero-order valence-corrected chi connectivity index (χ0v) is 9.19. The van der Waals surface area contributed by atoms with Crippen LogP contribution in [0.2, 0.25) is 0 Å². The summed E-state index contributed by atoms with van der Waals surface area (Å²) in [6, 6.07) is 7.66. The minimum atomic E-state index is -0.164. The third kappa shape index (κ3) is 2.19. The predicted octanol–water partition coefficient (Wildman–Crippen LogP) is 2.17. The number of nitrogens with one attached hydrogen (secondary N) is 1. The Morgan fingerprint density at radius 3 is 2.81 bits per heavy atom. The predicted molar refractivity (Wildman–Crippen MR) is 60.7 cm³/mol. The van der Waals surface area contributed by atoms with E-state index >= 15 is 0 Å². The van der Waals surface area contributed by atoms with E-state index in [0.29, 0.717) is 13.2 Å². The van der Waals surface area contributed by atoms with Gasteiger partial charge in [0.1, 0.15) is 19.3 Å². The molecule has 2 rings (SSSR count). The van der Waals surface area contributed by atoms with Crippen molar-refractivity contribution in [3.05, 3.63) is 18.2 Å². The van der Waals surface area contributed by atoms with Gasteiger partial charge < -0.3 is 14.8 Å². The Hall–Kier alpha value is -1.89. The van der Waals surface area contributed by atoms with Gasteiger partial charge in [-0.3, -0.25) is 0 Å². The highest BCUT2D eigenvalue weighted by Crippen LogP contribution is 2.32. The molecule has 1 heterocycles. The lowest BCUT2D eigenvalue weighted by molar-refractivity contribution is 0.171. The molecule has 1 atom stereocenters. The van der Waals surface area contributed by atoms with Crippen LogP contribution in [0.25, 0.3) is 0 Å². The van der Waals surface area contributed by atoms with Crippen LogP contribution >= 0.6 is 0 Å². The minimum Gasteiger partial charge on any atom is -0.486 e. The van der Waals surface area contributed by atoms with E-state index in [9.17, 15) is 0 Å². The van der Waals surface area contributed by atoms with Crippen LogP contribution in [0.15, 0.2) is 18.2 Å². The number of nitriles is 1. The van der Waals surface area contributed by atoms with Crippen molar-refractivity contribution in [3.8, 4) is 17.6 Å².